The Labute approximate surface area is 143 Å². The number of carbonyl (C=O) groups is 2. The summed E-state index contributed by atoms with van der Waals surface area (Å²) in [5.41, 5.74) is 2.73. The van der Waals surface area contributed by atoms with Crippen molar-refractivity contribution < 1.29 is 19.1 Å². The number of fused-ring (bicyclic) bond motifs is 1. The van der Waals surface area contributed by atoms with E-state index < -0.39 is 5.97 Å². The van der Waals surface area contributed by atoms with E-state index in [9.17, 15) is 9.59 Å². The second-order valence-corrected chi connectivity index (χ2v) is 6.06. The number of ether oxygens (including phenoxy) is 2. The summed E-state index contributed by atoms with van der Waals surface area (Å²) in [5.74, 6) is 0.255. The van der Waals surface area contributed by atoms with Crippen molar-refractivity contribution in [2.24, 2.45) is 0 Å². The van der Waals surface area contributed by atoms with Gasteiger partial charge in [0.05, 0.1) is 19.9 Å². The zero-order chi connectivity index (χ0) is 17.3. The molecule has 0 bridgehead atoms. The lowest BCUT2D eigenvalue weighted by molar-refractivity contribution is 0.0601. The van der Waals surface area contributed by atoms with E-state index in [1.807, 2.05) is 18.2 Å². The number of hydrogen-bond donors (Lipinski definition) is 1. The predicted octanol–water partition coefficient (Wildman–Crippen LogP) is 2.84. The lowest BCUT2D eigenvalue weighted by Gasteiger charge is -2.18. The zero-order valence-electron chi connectivity index (χ0n) is 13.6. The van der Waals surface area contributed by atoms with Crippen molar-refractivity contribution >= 4 is 34.2 Å². The van der Waals surface area contributed by atoms with Crippen LogP contribution in [-0.2, 0) is 11.2 Å². The van der Waals surface area contributed by atoms with Crippen LogP contribution < -0.4 is 15.0 Å². The molecule has 0 fully saturated rings. The van der Waals surface area contributed by atoms with E-state index in [1.54, 1.807) is 18.9 Å². The highest BCUT2D eigenvalue weighted by molar-refractivity contribution is 7.11. The smallest absolute Gasteiger partial charge is 0.342 e. The van der Waals surface area contributed by atoms with E-state index >= 15 is 0 Å². The summed E-state index contributed by atoms with van der Waals surface area (Å²) in [4.78, 5) is 26.1. The highest BCUT2D eigenvalue weighted by Gasteiger charge is 2.27. The van der Waals surface area contributed by atoms with Crippen molar-refractivity contribution in [2.75, 3.05) is 31.0 Å². The molecule has 8 heteroatoms. The number of rotatable bonds is 3. The van der Waals surface area contributed by atoms with Crippen LogP contribution in [0.3, 0.4) is 0 Å². The van der Waals surface area contributed by atoms with Crippen LogP contribution in [-0.4, -0.2) is 37.1 Å². The first kappa shape index (κ1) is 16.3. The molecule has 1 N–H and O–H groups in total. The first-order valence-corrected chi connectivity index (χ1v) is 8.12. The number of methoxy groups -OCH3 is 2. The van der Waals surface area contributed by atoms with Gasteiger partial charge in [-0.1, -0.05) is 0 Å². The first-order valence-electron chi connectivity index (χ1n) is 7.35. The summed E-state index contributed by atoms with van der Waals surface area (Å²) in [6.45, 7) is 2.27. The standard InChI is InChI=1S/C16H17N3O4S/c1-9-13(15(20)23-3)14(24-18-9)17-16(21)19-7-6-10-8-11(22-2)4-5-12(10)19/h4-5,8H,6-7H2,1-3H3,(H,17,21). The summed E-state index contributed by atoms with van der Waals surface area (Å²) in [6.07, 6.45) is 0.755. The van der Waals surface area contributed by atoms with Crippen LogP contribution in [0.25, 0.3) is 0 Å². The minimum Gasteiger partial charge on any atom is -0.497 e. The van der Waals surface area contributed by atoms with Crippen LogP contribution in [0.2, 0.25) is 0 Å². The Kier molecular flexibility index (Phi) is 4.39. The van der Waals surface area contributed by atoms with Crippen molar-refractivity contribution in [2.45, 2.75) is 13.3 Å². The maximum atomic E-state index is 12.6. The molecule has 2 amide bonds. The molecule has 1 aliphatic rings. The second-order valence-electron chi connectivity index (χ2n) is 5.29. The average Bonchev–Trinajstić information content (AvgIpc) is 3.17. The molecule has 24 heavy (non-hydrogen) atoms. The largest absolute Gasteiger partial charge is 0.497 e. The maximum Gasteiger partial charge on any atom is 0.342 e. The maximum absolute atomic E-state index is 12.6. The van der Waals surface area contributed by atoms with Gasteiger partial charge in [-0.05, 0) is 48.6 Å². The molecule has 0 saturated carbocycles. The van der Waals surface area contributed by atoms with Crippen LogP contribution >= 0.6 is 11.5 Å². The fourth-order valence-electron chi connectivity index (χ4n) is 2.68. The Balaban J connectivity index is 1.82. The fraction of sp³-hybridized carbons (Fsp3) is 0.312. The van der Waals surface area contributed by atoms with E-state index in [1.165, 1.54) is 7.11 Å². The molecular weight excluding hydrogens is 330 g/mol. The Morgan fingerprint density at radius 3 is 2.83 bits per heavy atom. The second kappa shape index (κ2) is 6.48. The summed E-state index contributed by atoms with van der Waals surface area (Å²) >= 11 is 1.06. The number of aromatic nitrogens is 1. The molecule has 126 valence electrons. The van der Waals surface area contributed by atoms with Gasteiger partial charge in [-0.3, -0.25) is 10.2 Å². The number of esters is 1. The normalized spacial score (nSPS) is 12.7. The van der Waals surface area contributed by atoms with Gasteiger partial charge in [-0.15, -0.1) is 0 Å². The molecule has 0 radical (unpaired) electrons. The van der Waals surface area contributed by atoms with Gasteiger partial charge in [-0.2, -0.15) is 4.37 Å². The third-order valence-corrected chi connectivity index (χ3v) is 4.75. The van der Waals surface area contributed by atoms with Gasteiger partial charge in [-0.25, -0.2) is 9.59 Å². The highest BCUT2D eigenvalue weighted by Crippen LogP contribution is 2.32. The minimum absolute atomic E-state index is 0.296. The quantitative estimate of drug-likeness (QED) is 0.864. The first-order chi connectivity index (χ1) is 11.5. The van der Waals surface area contributed by atoms with Crippen LogP contribution in [0.4, 0.5) is 15.5 Å². The fourth-order valence-corrected chi connectivity index (χ4v) is 3.45. The lowest BCUT2D eigenvalue weighted by Crippen LogP contribution is -2.33. The molecule has 2 aromatic rings. The summed E-state index contributed by atoms with van der Waals surface area (Å²) in [5, 5.41) is 3.16. The van der Waals surface area contributed by atoms with Crippen molar-refractivity contribution in [3.8, 4) is 5.75 Å². The van der Waals surface area contributed by atoms with Crippen LogP contribution in [0.5, 0.6) is 5.75 Å². The molecule has 0 unspecified atom stereocenters. The molecule has 2 heterocycles. The van der Waals surface area contributed by atoms with Crippen LogP contribution in [0.1, 0.15) is 21.6 Å². The van der Waals surface area contributed by atoms with E-state index in [0.29, 0.717) is 22.8 Å². The van der Waals surface area contributed by atoms with Gasteiger partial charge in [0.25, 0.3) is 0 Å². The van der Waals surface area contributed by atoms with E-state index in [0.717, 1.165) is 35.0 Å². The molecule has 0 saturated heterocycles. The molecule has 0 aliphatic carbocycles. The molecule has 3 rings (SSSR count). The van der Waals surface area contributed by atoms with Gasteiger partial charge < -0.3 is 9.47 Å². The molecular formula is C16H17N3O4S. The van der Waals surface area contributed by atoms with Gasteiger partial charge in [0, 0.05) is 12.2 Å². The van der Waals surface area contributed by atoms with Gasteiger partial charge in [0.15, 0.2) is 0 Å². The Morgan fingerprint density at radius 1 is 1.33 bits per heavy atom. The number of amides is 2. The van der Waals surface area contributed by atoms with E-state index in [-0.39, 0.29) is 6.03 Å². The number of nitrogens with zero attached hydrogens (tertiary/aromatic N) is 2. The van der Waals surface area contributed by atoms with Crippen molar-refractivity contribution in [1.29, 1.82) is 0 Å². The summed E-state index contributed by atoms with van der Waals surface area (Å²) in [6, 6.07) is 5.31. The Bertz CT molecular complexity index is 803. The van der Waals surface area contributed by atoms with Crippen LogP contribution in [0, 0.1) is 6.92 Å². The van der Waals surface area contributed by atoms with Crippen LogP contribution in [0.15, 0.2) is 18.2 Å². The average molecular weight is 347 g/mol. The Hall–Kier alpha value is -2.61. The van der Waals surface area contributed by atoms with E-state index in [2.05, 4.69) is 9.69 Å². The zero-order valence-corrected chi connectivity index (χ0v) is 14.4. The van der Waals surface area contributed by atoms with Gasteiger partial charge >= 0.3 is 12.0 Å². The molecule has 7 nitrogen and oxygen atoms in total. The third-order valence-electron chi connectivity index (χ3n) is 3.90. The number of anilines is 2. The number of carbonyl (C=O) groups excluding carboxylic acids is 2. The van der Waals surface area contributed by atoms with Gasteiger partial charge in [0.1, 0.15) is 16.3 Å². The lowest BCUT2D eigenvalue weighted by atomic mass is 10.1. The Morgan fingerprint density at radius 2 is 2.12 bits per heavy atom. The molecule has 0 atom stereocenters. The molecule has 1 aromatic carbocycles. The molecule has 0 spiro atoms. The minimum atomic E-state index is -0.511. The molecule has 1 aromatic heterocycles. The van der Waals surface area contributed by atoms with Crippen molar-refractivity contribution in [3.63, 3.8) is 0 Å². The summed E-state index contributed by atoms with van der Waals surface area (Å²) < 4.78 is 14.1. The van der Waals surface area contributed by atoms with Gasteiger partial charge in [0.2, 0.25) is 0 Å². The van der Waals surface area contributed by atoms with E-state index in [4.69, 9.17) is 9.47 Å². The number of nitrogens with one attached hydrogen (secondary N) is 1. The van der Waals surface area contributed by atoms with Crippen molar-refractivity contribution in [1.82, 2.24) is 4.37 Å². The highest BCUT2D eigenvalue weighted by atomic mass is 32.1. The SMILES string of the molecule is COC(=O)c1c(C)nsc1NC(=O)N1CCc2cc(OC)ccc21. The number of benzene rings is 1. The topological polar surface area (TPSA) is 80.8 Å². The number of hydrogen-bond acceptors (Lipinski definition) is 6. The monoisotopic (exact) mass is 347 g/mol. The molecule has 1 aliphatic heterocycles. The predicted molar refractivity (Wildman–Crippen MR) is 91.3 cm³/mol. The van der Waals surface area contributed by atoms with Crippen molar-refractivity contribution in [3.05, 3.63) is 35.0 Å². The number of aryl methyl sites for hydroxylation is 1. The number of urea groups is 1. The summed E-state index contributed by atoms with van der Waals surface area (Å²) in [7, 11) is 2.91. The third kappa shape index (κ3) is 2.80.